The first-order valence-electron chi connectivity index (χ1n) is 3.17. The average Bonchev–Trinajstić information content (AvgIpc) is 1.85. The number of rotatable bonds is 3. The van der Waals surface area contributed by atoms with Crippen LogP contribution < -0.4 is 5.32 Å². The maximum atomic E-state index is 3.85. The van der Waals surface area contributed by atoms with Gasteiger partial charge in [0.25, 0.3) is 0 Å². The molecule has 0 bridgehead atoms. The molecule has 0 heterocycles. The number of allylic oxidation sites excluding steroid dienone is 2. The molecule has 2 nitrogen and oxygen atoms in total. The highest BCUT2D eigenvalue weighted by Crippen LogP contribution is 1.86. The Balaban J connectivity index is 3.80. The second kappa shape index (κ2) is 4.79. The molecular formula is C8H14N2. The van der Waals surface area contributed by atoms with Crippen molar-refractivity contribution in [1.29, 1.82) is 0 Å². The summed E-state index contributed by atoms with van der Waals surface area (Å²) in [5.41, 5.74) is 2.02. The first-order chi connectivity index (χ1) is 4.66. The maximum Gasteiger partial charge on any atom is 0.0277 e. The van der Waals surface area contributed by atoms with Crippen molar-refractivity contribution in [2.45, 2.75) is 13.8 Å². The van der Waals surface area contributed by atoms with E-state index in [0.717, 1.165) is 11.3 Å². The molecule has 0 radical (unpaired) electrons. The highest BCUT2D eigenvalue weighted by Gasteiger charge is 1.79. The Morgan fingerprint density at radius 3 is 2.50 bits per heavy atom. The van der Waals surface area contributed by atoms with Gasteiger partial charge in [0.1, 0.15) is 0 Å². The molecule has 2 heteroatoms. The zero-order valence-electron chi connectivity index (χ0n) is 6.81. The van der Waals surface area contributed by atoms with E-state index in [0.29, 0.717) is 0 Å². The van der Waals surface area contributed by atoms with Crippen molar-refractivity contribution in [1.82, 2.24) is 5.32 Å². The smallest absolute Gasteiger partial charge is 0.0277 e. The van der Waals surface area contributed by atoms with Crippen molar-refractivity contribution >= 4 is 6.21 Å². The van der Waals surface area contributed by atoms with Gasteiger partial charge in [-0.3, -0.25) is 4.99 Å². The van der Waals surface area contributed by atoms with Gasteiger partial charge in [-0.15, -0.1) is 0 Å². The standard InChI is InChI=1S/C8H14N2/c1-7(2)10-6-8(3)5-9-4/h5-6,10H,1H2,2-4H3. The predicted octanol–water partition coefficient (Wildman–Crippen LogP) is 1.71. The minimum atomic E-state index is 0.934. The number of aliphatic imine (C=N–C) groups is 1. The molecular weight excluding hydrogens is 124 g/mol. The largest absolute Gasteiger partial charge is 0.365 e. The summed E-state index contributed by atoms with van der Waals surface area (Å²) in [5, 5.41) is 2.98. The van der Waals surface area contributed by atoms with Crippen LogP contribution in [0, 0.1) is 0 Å². The Labute approximate surface area is 62.4 Å². The van der Waals surface area contributed by atoms with E-state index in [1.807, 2.05) is 20.0 Å². The number of hydrogen-bond acceptors (Lipinski definition) is 2. The van der Waals surface area contributed by atoms with Gasteiger partial charge in [-0.25, -0.2) is 0 Å². The van der Waals surface area contributed by atoms with Crippen molar-refractivity contribution in [3.63, 3.8) is 0 Å². The van der Waals surface area contributed by atoms with E-state index in [9.17, 15) is 0 Å². The molecule has 0 aromatic rings. The lowest BCUT2D eigenvalue weighted by atomic mass is 10.3. The van der Waals surface area contributed by atoms with Crippen LogP contribution in [-0.4, -0.2) is 13.3 Å². The van der Waals surface area contributed by atoms with Gasteiger partial charge in [0.05, 0.1) is 0 Å². The number of hydrogen-bond donors (Lipinski definition) is 1. The first-order valence-corrected chi connectivity index (χ1v) is 3.17. The van der Waals surface area contributed by atoms with Gasteiger partial charge in [0, 0.05) is 25.2 Å². The van der Waals surface area contributed by atoms with Gasteiger partial charge in [-0.2, -0.15) is 0 Å². The Morgan fingerprint density at radius 2 is 2.10 bits per heavy atom. The van der Waals surface area contributed by atoms with Gasteiger partial charge >= 0.3 is 0 Å². The van der Waals surface area contributed by atoms with Crippen LogP contribution in [-0.2, 0) is 0 Å². The van der Waals surface area contributed by atoms with Crippen LogP contribution in [0.25, 0.3) is 0 Å². The molecule has 0 spiro atoms. The lowest BCUT2D eigenvalue weighted by Gasteiger charge is -1.96. The molecule has 0 aromatic heterocycles. The van der Waals surface area contributed by atoms with Crippen molar-refractivity contribution in [2.24, 2.45) is 4.99 Å². The number of nitrogens with zero attached hydrogens (tertiary/aromatic N) is 1. The third kappa shape index (κ3) is 5.09. The lowest BCUT2D eigenvalue weighted by Crippen LogP contribution is -2.00. The van der Waals surface area contributed by atoms with Crippen LogP contribution in [0.1, 0.15) is 13.8 Å². The lowest BCUT2D eigenvalue weighted by molar-refractivity contribution is 1.06. The zero-order chi connectivity index (χ0) is 7.98. The second-order valence-corrected chi connectivity index (χ2v) is 2.20. The van der Waals surface area contributed by atoms with Gasteiger partial charge in [0.15, 0.2) is 0 Å². The van der Waals surface area contributed by atoms with Gasteiger partial charge < -0.3 is 5.32 Å². The van der Waals surface area contributed by atoms with Crippen molar-refractivity contribution in [3.8, 4) is 0 Å². The maximum absolute atomic E-state index is 3.85. The fourth-order valence-corrected chi connectivity index (χ4v) is 0.478. The van der Waals surface area contributed by atoms with Crippen molar-refractivity contribution in [3.05, 3.63) is 24.0 Å². The molecule has 56 valence electrons. The topological polar surface area (TPSA) is 24.4 Å². The van der Waals surface area contributed by atoms with Crippen LogP contribution in [0.4, 0.5) is 0 Å². The summed E-state index contributed by atoms with van der Waals surface area (Å²) in [6, 6.07) is 0. The van der Waals surface area contributed by atoms with E-state index in [2.05, 4.69) is 16.9 Å². The molecule has 10 heavy (non-hydrogen) atoms. The van der Waals surface area contributed by atoms with E-state index in [-0.39, 0.29) is 0 Å². The summed E-state index contributed by atoms with van der Waals surface area (Å²) in [6.45, 7) is 7.57. The van der Waals surface area contributed by atoms with E-state index >= 15 is 0 Å². The fourth-order valence-electron chi connectivity index (χ4n) is 0.478. The minimum Gasteiger partial charge on any atom is -0.365 e. The number of nitrogens with one attached hydrogen (secondary N) is 1. The normalized spacial score (nSPS) is 12.1. The molecule has 0 fully saturated rings. The van der Waals surface area contributed by atoms with Crippen molar-refractivity contribution < 1.29 is 0 Å². The van der Waals surface area contributed by atoms with Crippen LogP contribution in [0.3, 0.4) is 0 Å². The van der Waals surface area contributed by atoms with Gasteiger partial charge in [-0.05, 0) is 19.4 Å². The SMILES string of the molecule is C=C(C)NC=C(C)C=NC. The highest BCUT2D eigenvalue weighted by molar-refractivity contribution is 5.77. The summed E-state index contributed by atoms with van der Waals surface area (Å²) in [6.07, 6.45) is 3.66. The van der Waals surface area contributed by atoms with Crippen LogP contribution in [0.15, 0.2) is 29.0 Å². The summed E-state index contributed by atoms with van der Waals surface area (Å²) in [4.78, 5) is 3.85. The molecule has 0 saturated carbocycles. The summed E-state index contributed by atoms with van der Waals surface area (Å²) in [5.74, 6) is 0. The van der Waals surface area contributed by atoms with Crippen molar-refractivity contribution in [2.75, 3.05) is 7.05 Å². The molecule has 1 N–H and O–H groups in total. The zero-order valence-corrected chi connectivity index (χ0v) is 6.81. The summed E-state index contributed by atoms with van der Waals surface area (Å²) in [7, 11) is 1.75. The Bertz CT molecular complexity index is 166. The molecule has 0 amide bonds. The Hall–Kier alpha value is -1.05. The summed E-state index contributed by atoms with van der Waals surface area (Å²) < 4.78 is 0. The fraction of sp³-hybridized carbons (Fsp3) is 0.375. The first kappa shape index (κ1) is 8.95. The van der Waals surface area contributed by atoms with Crippen LogP contribution in [0.5, 0.6) is 0 Å². The third-order valence-electron chi connectivity index (χ3n) is 0.879. The molecule has 0 aliphatic rings. The molecule has 0 aromatic carbocycles. The van der Waals surface area contributed by atoms with Crippen LogP contribution in [0.2, 0.25) is 0 Å². The monoisotopic (exact) mass is 138 g/mol. The predicted molar refractivity (Wildman–Crippen MR) is 46.1 cm³/mol. The quantitative estimate of drug-likeness (QED) is 0.590. The minimum absolute atomic E-state index is 0.934. The molecule has 0 saturated heterocycles. The van der Waals surface area contributed by atoms with Gasteiger partial charge in [0.2, 0.25) is 0 Å². The van der Waals surface area contributed by atoms with E-state index in [4.69, 9.17) is 0 Å². The highest BCUT2D eigenvalue weighted by atomic mass is 14.8. The Morgan fingerprint density at radius 1 is 1.50 bits per heavy atom. The van der Waals surface area contributed by atoms with Gasteiger partial charge in [-0.1, -0.05) is 6.58 Å². The van der Waals surface area contributed by atoms with Crippen LogP contribution >= 0.6 is 0 Å². The molecule has 0 aliphatic heterocycles. The van der Waals surface area contributed by atoms with E-state index < -0.39 is 0 Å². The molecule has 0 atom stereocenters. The molecule has 0 rings (SSSR count). The third-order valence-corrected chi connectivity index (χ3v) is 0.879. The van der Waals surface area contributed by atoms with E-state index in [1.54, 1.807) is 13.3 Å². The Kier molecular flexibility index (Phi) is 4.29. The average molecular weight is 138 g/mol. The molecule has 0 aliphatic carbocycles. The second-order valence-electron chi connectivity index (χ2n) is 2.20. The molecule has 0 unspecified atom stereocenters. The van der Waals surface area contributed by atoms with E-state index in [1.165, 1.54) is 0 Å². The summed E-state index contributed by atoms with van der Waals surface area (Å²) >= 11 is 0.